The standard InChI is InChI=1S/C20H24N4/c1-14-6-7-16(12-17(14)21)20-23-18-4-2-3-5-19(18)24(20)13-15-8-10-22-11-9-15/h2-7,12,15,22H,8-11,13,21H2,1H3. The Morgan fingerprint density at radius 3 is 2.75 bits per heavy atom. The predicted molar refractivity (Wildman–Crippen MR) is 99.9 cm³/mol. The van der Waals surface area contributed by atoms with E-state index in [4.69, 9.17) is 10.7 Å². The lowest BCUT2D eigenvalue weighted by atomic mass is 9.98. The molecule has 2 heterocycles. The SMILES string of the molecule is Cc1ccc(-c2nc3ccccc3n2CC2CCNCC2)cc1N. The normalized spacial score (nSPS) is 15.9. The first-order valence-corrected chi connectivity index (χ1v) is 8.75. The van der Waals surface area contributed by atoms with E-state index in [9.17, 15) is 0 Å². The van der Waals surface area contributed by atoms with E-state index >= 15 is 0 Å². The van der Waals surface area contributed by atoms with Crippen LogP contribution in [0.2, 0.25) is 0 Å². The van der Waals surface area contributed by atoms with Crippen LogP contribution >= 0.6 is 0 Å². The average molecular weight is 320 g/mol. The van der Waals surface area contributed by atoms with Crippen molar-refractivity contribution in [3.63, 3.8) is 0 Å². The highest BCUT2D eigenvalue weighted by atomic mass is 15.1. The van der Waals surface area contributed by atoms with Crippen LogP contribution in [0.15, 0.2) is 42.5 Å². The van der Waals surface area contributed by atoms with Crippen molar-refractivity contribution in [1.82, 2.24) is 14.9 Å². The van der Waals surface area contributed by atoms with Crippen LogP contribution in [0.3, 0.4) is 0 Å². The van der Waals surface area contributed by atoms with Crippen LogP contribution in [0, 0.1) is 12.8 Å². The number of piperidine rings is 1. The molecule has 0 atom stereocenters. The Morgan fingerprint density at radius 2 is 1.96 bits per heavy atom. The zero-order valence-corrected chi connectivity index (χ0v) is 14.1. The van der Waals surface area contributed by atoms with Crippen LogP contribution in [0.4, 0.5) is 5.69 Å². The molecule has 0 saturated carbocycles. The molecule has 4 nitrogen and oxygen atoms in total. The molecule has 4 heteroatoms. The van der Waals surface area contributed by atoms with Crippen molar-refractivity contribution in [3.05, 3.63) is 48.0 Å². The summed E-state index contributed by atoms with van der Waals surface area (Å²) >= 11 is 0. The second-order valence-electron chi connectivity index (χ2n) is 6.80. The summed E-state index contributed by atoms with van der Waals surface area (Å²) in [5, 5.41) is 3.45. The molecule has 24 heavy (non-hydrogen) atoms. The summed E-state index contributed by atoms with van der Waals surface area (Å²) in [6.45, 7) is 5.29. The van der Waals surface area contributed by atoms with Gasteiger partial charge in [-0.3, -0.25) is 0 Å². The van der Waals surface area contributed by atoms with E-state index in [0.717, 1.165) is 47.8 Å². The number of aromatic nitrogens is 2. The molecule has 2 aromatic carbocycles. The van der Waals surface area contributed by atoms with Crippen molar-refractivity contribution in [2.75, 3.05) is 18.8 Å². The number of aryl methyl sites for hydroxylation is 1. The lowest BCUT2D eigenvalue weighted by molar-refractivity contribution is 0.337. The number of anilines is 1. The molecular weight excluding hydrogens is 296 g/mol. The molecule has 0 spiro atoms. The van der Waals surface area contributed by atoms with Gasteiger partial charge >= 0.3 is 0 Å². The molecule has 0 amide bonds. The molecule has 1 aromatic heterocycles. The van der Waals surface area contributed by atoms with Crippen LogP contribution in [0.25, 0.3) is 22.4 Å². The van der Waals surface area contributed by atoms with Gasteiger partial charge in [0.05, 0.1) is 11.0 Å². The number of imidazole rings is 1. The van der Waals surface area contributed by atoms with Gasteiger partial charge in [-0.25, -0.2) is 4.98 Å². The van der Waals surface area contributed by atoms with Gasteiger partial charge in [0.15, 0.2) is 0 Å². The van der Waals surface area contributed by atoms with Gasteiger partial charge in [0.2, 0.25) is 0 Å². The quantitative estimate of drug-likeness (QED) is 0.725. The summed E-state index contributed by atoms with van der Waals surface area (Å²) in [7, 11) is 0. The van der Waals surface area contributed by atoms with Crippen molar-refractivity contribution in [2.24, 2.45) is 5.92 Å². The molecule has 0 radical (unpaired) electrons. The van der Waals surface area contributed by atoms with Crippen molar-refractivity contribution in [3.8, 4) is 11.4 Å². The smallest absolute Gasteiger partial charge is 0.141 e. The van der Waals surface area contributed by atoms with Gasteiger partial charge in [-0.2, -0.15) is 0 Å². The number of hydrogen-bond acceptors (Lipinski definition) is 3. The van der Waals surface area contributed by atoms with E-state index in [1.807, 2.05) is 6.92 Å². The topological polar surface area (TPSA) is 55.9 Å². The summed E-state index contributed by atoms with van der Waals surface area (Å²) in [6.07, 6.45) is 2.45. The largest absolute Gasteiger partial charge is 0.398 e. The molecule has 3 N–H and O–H groups in total. The number of hydrogen-bond donors (Lipinski definition) is 2. The van der Waals surface area contributed by atoms with E-state index < -0.39 is 0 Å². The Labute approximate surface area is 142 Å². The zero-order valence-electron chi connectivity index (χ0n) is 14.1. The predicted octanol–water partition coefficient (Wildman–Crippen LogP) is 3.59. The summed E-state index contributed by atoms with van der Waals surface area (Å²) in [5.74, 6) is 1.73. The Balaban J connectivity index is 1.81. The molecular formula is C20H24N4. The second kappa shape index (κ2) is 6.29. The molecule has 1 fully saturated rings. The first-order chi connectivity index (χ1) is 11.7. The fourth-order valence-corrected chi connectivity index (χ4v) is 3.58. The number of para-hydroxylation sites is 2. The summed E-state index contributed by atoms with van der Waals surface area (Å²) in [5.41, 5.74) is 11.4. The van der Waals surface area contributed by atoms with Crippen LogP contribution < -0.4 is 11.1 Å². The second-order valence-corrected chi connectivity index (χ2v) is 6.80. The van der Waals surface area contributed by atoms with Gasteiger partial charge in [0, 0.05) is 17.8 Å². The van der Waals surface area contributed by atoms with E-state index in [-0.39, 0.29) is 0 Å². The van der Waals surface area contributed by atoms with Crippen LogP contribution in [-0.4, -0.2) is 22.6 Å². The van der Waals surface area contributed by atoms with Gasteiger partial charge in [-0.05, 0) is 62.5 Å². The Hall–Kier alpha value is -2.33. The van der Waals surface area contributed by atoms with Gasteiger partial charge in [-0.1, -0.05) is 24.3 Å². The van der Waals surface area contributed by atoms with E-state index in [1.165, 1.54) is 18.4 Å². The molecule has 0 aliphatic carbocycles. The van der Waals surface area contributed by atoms with Gasteiger partial charge < -0.3 is 15.6 Å². The summed E-state index contributed by atoms with van der Waals surface area (Å²) < 4.78 is 2.38. The summed E-state index contributed by atoms with van der Waals surface area (Å²) in [4.78, 5) is 4.91. The third-order valence-corrected chi connectivity index (χ3v) is 5.09. The molecule has 1 saturated heterocycles. The van der Waals surface area contributed by atoms with Crippen molar-refractivity contribution >= 4 is 16.7 Å². The Bertz CT molecular complexity index is 859. The highest BCUT2D eigenvalue weighted by molar-refractivity contribution is 5.81. The molecule has 3 aromatic rings. The molecule has 0 unspecified atom stereocenters. The number of nitrogens with two attached hydrogens (primary N) is 1. The fourth-order valence-electron chi connectivity index (χ4n) is 3.58. The highest BCUT2D eigenvalue weighted by Gasteiger charge is 2.19. The van der Waals surface area contributed by atoms with Crippen molar-refractivity contribution in [2.45, 2.75) is 26.3 Å². The maximum atomic E-state index is 6.14. The number of fused-ring (bicyclic) bond motifs is 1. The number of nitrogens with zero attached hydrogens (tertiary/aromatic N) is 2. The molecule has 124 valence electrons. The van der Waals surface area contributed by atoms with Gasteiger partial charge in [0.25, 0.3) is 0 Å². The van der Waals surface area contributed by atoms with Crippen molar-refractivity contribution < 1.29 is 0 Å². The first kappa shape index (κ1) is 15.2. The number of nitrogens with one attached hydrogen (secondary N) is 1. The maximum Gasteiger partial charge on any atom is 0.141 e. The molecule has 4 rings (SSSR count). The summed E-state index contributed by atoms with van der Waals surface area (Å²) in [6, 6.07) is 14.7. The van der Waals surface area contributed by atoms with Gasteiger partial charge in [0.1, 0.15) is 5.82 Å². The number of benzene rings is 2. The Morgan fingerprint density at radius 1 is 1.17 bits per heavy atom. The van der Waals surface area contributed by atoms with Crippen LogP contribution in [0.5, 0.6) is 0 Å². The third-order valence-electron chi connectivity index (χ3n) is 5.09. The molecule has 0 bridgehead atoms. The van der Waals surface area contributed by atoms with Gasteiger partial charge in [-0.15, -0.1) is 0 Å². The van der Waals surface area contributed by atoms with E-state index in [2.05, 4.69) is 52.3 Å². The van der Waals surface area contributed by atoms with Crippen molar-refractivity contribution in [1.29, 1.82) is 0 Å². The lowest BCUT2D eigenvalue weighted by Gasteiger charge is -2.24. The molecule has 1 aliphatic heterocycles. The van der Waals surface area contributed by atoms with Crippen LogP contribution in [0.1, 0.15) is 18.4 Å². The highest BCUT2D eigenvalue weighted by Crippen LogP contribution is 2.29. The minimum absolute atomic E-state index is 0.699. The Kier molecular flexibility index (Phi) is 3.98. The van der Waals surface area contributed by atoms with Crippen LogP contribution in [-0.2, 0) is 6.54 Å². The average Bonchev–Trinajstić information content (AvgIpc) is 2.97. The first-order valence-electron chi connectivity index (χ1n) is 8.75. The minimum Gasteiger partial charge on any atom is -0.398 e. The van der Waals surface area contributed by atoms with E-state index in [1.54, 1.807) is 0 Å². The maximum absolute atomic E-state index is 6.14. The monoisotopic (exact) mass is 320 g/mol. The number of rotatable bonds is 3. The number of nitrogen functional groups attached to an aromatic ring is 1. The fraction of sp³-hybridized carbons (Fsp3) is 0.350. The zero-order chi connectivity index (χ0) is 16.5. The lowest BCUT2D eigenvalue weighted by Crippen LogP contribution is -2.30. The minimum atomic E-state index is 0.699. The third kappa shape index (κ3) is 2.78. The molecule has 1 aliphatic rings. The van der Waals surface area contributed by atoms with E-state index in [0.29, 0.717) is 5.92 Å².